The van der Waals surface area contributed by atoms with Crippen LogP contribution in [0.3, 0.4) is 0 Å². The number of nitrogens with one attached hydrogen (secondary N) is 2. The molecule has 1 aliphatic rings. The molecule has 1 aliphatic heterocycles. The number of benzene rings is 1. The zero-order valence-corrected chi connectivity index (χ0v) is 21.0. The molecule has 0 aliphatic carbocycles. The van der Waals surface area contributed by atoms with Crippen LogP contribution in [0.2, 0.25) is 0 Å². The van der Waals surface area contributed by atoms with Crippen molar-refractivity contribution in [3.63, 3.8) is 0 Å². The van der Waals surface area contributed by atoms with Crippen molar-refractivity contribution in [1.82, 2.24) is 19.9 Å². The summed E-state index contributed by atoms with van der Waals surface area (Å²) >= 11 is 5.88. The Hall–Kier alpha value is -4.24. The van der Waals surface area contributed by atoms with Gasteiger partial charge in [-0.15, -0.1) is 0 Å². The SMILES string of the molecule is COc1ccc(N2C(=S)NC(c3ccccn3)C2c2ccc(C)n2-c2cccnc2)cc1NC(C)=O. The number of aromatic nitrogens is 3. The highest BCUT2D eigenvalue weighted by molar-refractivity contribution is 7.80. The number of carbonyl (C=O) groups excluding carboxylic acids is 1. The van der Waals surface area contributed by atoms with Gasteiger partial charge in [-0.2, -0.15) is 0 Å². The minimum absolute atomic E-state index is 0.184. The van der Waals surface area contributed by atoms with Gasteiger partial charge >= 0.3 is 0 Å². The highest BCUT2D eigenvalue weighted by atomic mass is 32.1. The van der Waals surface area contributed by atoms with Gasteiger partial charge in [0.05, 0.1) is 36.4 Å². The second-order valence-electron chi connectivity index (χ2n) is 8.51. The van der Waals surface area contributed by atoms with Gasteiger partial charge in [0.2, 0.25) is 5.91 Å². The second-order valence-corrected chi connectivity index (χ2v) is 8.90. The van der Waals surface area contributed by atoms with E-state index in [1.807, 2.05) is 54.7 Å². The maximum absolute atomic E-state index is 11.9. The predicted molar refractivity (Wildman–Crippen MR) is 144 cm³/mol. The fraction of sp³-hybridized carbons (Fsp3) is 0.185. The van der Waals surface area contributed by atoms with E-state index in [0.717, 1.165) is 28.5 Å². The average Bonchev–Trinajstić information content (AvgIpc) is 3.44. The maximum Gasteiger partial charge on any atom is 0.221 e. The molecule has 0 bridgehead atoms. The first-order valence-corrected chi connectivity index (χ1v) is 11.9. The van der Waals surface area contributed by atoms with Gasteiger partial charge in [0.15, 0.2) is 5.11 Å². The summed E-state index contributed by atoms with van der Waals surface area (Å²) in [6, 6.07) is 19.2. The van der Waals surface area contributed by atoms with Crippen LogP contribution in [-0.2, 0) is 4.79 Å². The van der Waals surface area contributed by atoms with Crippen molar-refractivity contribution in [3.05, 3.63) is 96.3 Å². The first kappa shape index (κ1) is 23.5. The molecular weight excluding hydrogens is 472 g/mol. The number of aryl methyl sites for hydroxylation is 1. The van der Waals surface area contributed by atoms with E-state index in [2.05, 4.69) is 49.1 Å². The van der Waals surface area contributed by atoms with Crippen molar-refractivity contribution in [2.45, 2.75) is 25.9 Å². The fourth-order valence-corrected chi connectivity index (χ4v) is 5.04. The molecule has 1 amide bonds. The number of carbonyl (C=O) groups is 1. The van der Waals surface area contributed by atoms with Gasteiger partial charge < -0.3 is 24.8 Å². The summed E-state index contributed by atoms with van der Waals surface area (Å²) in [6.07, 6.45) is 5.39. The van der Waals surface area contributed by atoms with Crippen molar-refractivity contribution in [2.24, 2.45) is 0 Å². The number of methoxy groups -OCH3 is 1. The molecule has 1 fully saturated rings. The zero-order valence-electron chi connectivity index (χ0n) is 20.2. The third-order valence-electron chi connectivity index (χ3n) is 6.18. The zero-order chi connectivity index (χ0) is 25.2. The normalized spacial score (nSPS) is 17.1. The summed E-state index contributed by atoms with van der Waals surface area (Å²) in [4.78, 5) is 22.9. The van der Waals surface area contributed by atoms with Crippen LogP contribution in [0.5, 0.6) is 5.75 Å². The summed E-state index contributed by atoms with van der Waals surface area (Å²) in [5, 5.41) is 6.91. The summed E-state index contributed by atoms with van der Waals surface area (Å²) in [6.45, 7) is 3.54. The molecule has 36 heavy (non-hydrogen) atoms. The van der Waals surface area contributed by atoms with Gasteiger partial charge in [-0.1, -0.05) is 6.07 Å². The van der Waals surface area contributed by atoms with Crippen LogP contribution in [0.1, 0.15) is 36.1 Å². The third kappa shape index (κ3) is 4.29. The van der Waals surface area contributed by atoms with Gasteiger partial charge in [0.1, 0.15) is 11.8 Å². The first-order chi connectivity index (χ1) is 17.5. The van der Waals surface area contributed by atoms with E-state index in [4.69, 9.17) is 17.0 Å². The quantitative estimate of drug-likeness (QED) is 0.372. The molecule has 4 aromatic rings. The molecule has 0 radical (unpaired) electrons. The minimum Gasteiger partial charge on any atom is -0.495 e. The Morgan fingerprint density at radius 3 is 2.64 bits per heavy atom. The Labute approximate surface area is 215 Å². The van der Waals surface area contributed by atoms with Crippen LogP contribution in [0.15, 0.2) is 79.3 Å². The molecule has 182 valence electrons. The molecule has 5 rings (SSSR count). The molecule has 1 aromatic carbocycles. The Balaban J connectivity index is 1.69. The van der Waals surface area contributed by atoms with Gasteiger partial charge in [0.25, 0.3) is 0 Å². The van der Waals surface area contributed by atoms with E-state index < -0.39 is 0 Å². The van der Waals surface area contributed by atoms with Crippen molar-refractivity contribution >= 4 is 34.6 Å². The van der Waals surface area contributed by atoms with Gasteiger partial charge in [-0.25, -0.2) is 0 Å². The summed E-state index contributed by atoms with van der Waals surface area (Å²) in [5.74, 6) is 0.385. The van der Waals surface area contributed by atoms with Gasteiger partial charge in [-0.3, -0.25) is 14.8 Å². The van der Waals surface area contributed by atoms with Crippen molar-refractivity contribution in [2.75, 3.05) is 17.3 Å². The number of anilines is 2. The number of nitrogens with zero attached hydrogens (tertiary/aromatic N) is 4. The lowest BCUT2D eigenvalue weighted by atomic mass is 10.0. The third-order valence-corrected chi connectivity index (χ3v) is 6.50. The number of thiocarbonyl (C=S) groups is 1. The van der Waals surface area contributed by atoms with Crippen LogP contribution in [0.25, 0.3) is 5.69 Å². The molecule has 9 heteroatoms. The molecule has 8 nitrogen and oxygen atoms in total. The average molecular weight is 499 g/mol. The van der Waals surface area contributed by atoms with Crippen LogP contribution in [-0.4, -0.2) is 32.7 Å². The van der Waals surface area contributed by atoms with E-state index in [0.29, 0.717) is 16.5 Å². The minimum atomic E-state index is -0.236. The Morgan fingerprint density at radius 1 is 1.08 bits per heavy atom. The summed E-state index contributed by atoms with van der Waals surface area (Å²) in [7, 11) is 1.58. The van der Waals surface area contributed by atoms with Crippen LogP contribution in [0, 0.1) is 6.92 Å². The second kappa shape index (κ2) is 9.79. The van der Waals surface area contributed by atoms with Crippen LogP contribution in [0.4, 0.5) is 11.4 Å². The monoisotopic (exact) mass is 498 g/mol. The Kier molecular flexibility index (Phi) is 6.39. The van der Waals surface area contributed by atoms with Crippen molar-refractivity contribution < 1.29 is 9.53 Å². The highest BCUT2D eigenvalue weighted by Crippen LogP contribution is 2.44. The number of pyridine rings is 2. The fourth-order valence-electron chi connectivity index (χ4n) is 4.69. The standard InChI is InChI=1S/C27H26N6O2S/c1-17-9-11-23(32(17)20-7-6-13-28-16-20)26-25(21-8-4-5-14-29-21)31-27(36)33(26)19-10-12-24(35-3)22(15-19)30-18(2)34/h4-16,25-26H,1-3H3,(H,30,34)(H,31,36). The van der Waals surface area contributed by atoms with Crippen molar-refractivity contribution in [3.8, 4) is 11.4 Å². The molecule has 4 heterocycles. The summed E-state index contributed by atoms with van der Waals surface area (Å²) in [5.41, 5.74) is 5.33. The van der Waals surface area contributed by atoms with E-state index in [9.17, 15) is 4.79 Å². The van der Waals surface area contributed by atoms with Crippen LogP contribution >= 0.6 is 12.2 Å². The maximum atomic E-state index is 11.9. The number of hydrogen-bond donors (Lipinski definition) is 2. The largest absolute Gasteiger partial charge is 0.495 e. The molecule has 2 unspecified atom stereocenters. The predicted octanol–water partition coefficient (Wildman–Crippen LogP) is 4.72. The molecular formula is C27H26N6O2S. The Morgan fingerprint density at radius 2 is 1.94 bits per heavy atom. The van der Waals surface area contributed by atoms with Gasteiger partial charge in [0, 0.05) is 36.4 Å². The topological polar surface area (TPSA) is 84.3 Å². The molecule has 3 aromatic heterocycles. The number of amides is 1. The lowest BCUT2D eigenvalue weighted by Gasteiger charge is -2.29. The lowest BCUT2D eigenvalue weighted by molar-refractivity contribution is -0.114. The lowest BCUT2D eigenvalue weighted by Crippen LogP contribution is -2.30. The highest BCUT2D eigenvalue weighted by Gasteiger charge is 2.42. The molecule has 0 spiro atoms. The molecule has 1 saturated heterocycles. The Bertz CT molecular complexity index is 1410. The first-order valence-electron chi connectivity index (χ1n) is 11.5. The number of ether oxygens (including phenoxy) is 1. The smallest absolute Gasteiger partial charge is 0.221 e. The van der Waals surface area contributed by atoms with E-state index >= 15 is 0 Å². The van der Waals surface area contributed by atoms with Crippen LogP contribution < -0.4 is 20.3 Å². The molecule has 2 N–H and O–H groups in total. The van der Waals surface area contributed by atoms with Crippen molar-refractivity contribution in [1.29, 1.82) is 0 Å². The van der Waals surface area contributed by atoms with E-state index in [1.165, 1.54) is 6.92 Å². The summed E-state index contributed by atoms with van der Waals surface area (Å²) < 4.78 is 7.66. The molecule has 0 saturated carbocycles. The molecule has 2 atom stereocenters. The van der Waals surface area contributed by atoms with Gasteiger partial charge in [-0.05, 0) is 73.7 Å². The van der Waals surface area contributed by atoms with E-state index in [-0.39, 0.29) is 18.0 Å². The number of hydrogen-bond acceptors (Lipinski definition) is 5. The number of rotatable bonds is 6. The van der Waals surface area contributed by atoms with E-state index in [1.54, 1.807) is 19.5 Å².